The second-order valence-electron chi connectivity index (χ2n) is 8.76. The lowest BCUT2D eigenvalue weighted by atomic mass is 10.0. The highest BCUT2D eigenvalue weighted by Crippen LogP contribution is 2.36. The number of nitrogens with one attached hydrogen (secondary N) is 1. The summed E-state index contributed by atoms with van der Waals surface area (Å²) < 4.78 is 78.4. The van der Waals surface area contributed by atoms with Crippen LogP contribution >= 0.6 is 0 Å². The van der Waals surface area contributed by atoms with Gasteiger partial charge in [-0.25, -0.2) is 0 Å². The van der Waals surface area contributed by atoms with Gasteiger partial charge in [0.05, 0.1) is 22.8 Å². The molecule has 2 heterocycles. The number of carbonyl (C=O) groups excluding carboxylic acids is 1. The third kappa shape index (κ3) is 5.82. The molecule has 0 saturated carbocycles. The lowest BCUT2D eigenvalue weighted by Gasteiger charge is -2.34. The molecule has 11 heteroatoms. The zero-order valence-electron chi connectivity index (χ0n) is 19.0. The van der Waals surface area contributed by atoms with Crippen molar-refractivity contribution in [1.82, 2.24) is 14.8 Å². The summed E-state index contributed by atoms with van der Waals surface area (Å²) >= 11 is 0. The second-order valence-corrected chi connectivity index (χ2v) is 8.76. The number of carbonyl (C=O) groups is 1. The van der Waals surface area contributed by atoms with Crippen molar-refractivity contribution in [3.63, 3.8) is 0 Å². The Morgan fingerprint density at radius 2 is 1.58 bits per heavy atom. The van der Waals surface area contributed by atoms with Crippen LogP contribution < -0.4 is 0 Å². The Balaban J connectivity index is 1.35. The first-order valence-electron chi connectivity index (χ1n) is 11.2. The van der Waals surface area contributed by atoms with E-state index in [4.69, 9.17) is 5.26 Å². The fourth-order valence-corrected chi connectivity index (χ4v) is 4.35. The molecule has 0 spiro atoms. The maximum absolute atomic E-state index is 13.1. The average Bonchev–Trinajstić information content (AvgIpc) is 3.23. The van der Waals surface area contributed by atoms with Crippen molar-refractivity contribution in [3.8, 4) is 6.07 Å². The molecule has 190 valence electrons. The van der Waals surface area contributed by atoms with E-state index in [0.717, 1.165) is 16.5 Å². The van der Waals surface area contributed by atoms with E-state index in [1.54, 1.807) is 11.0 Å². The molecule has 0 radical (unpaired) electrons. The van der Waals surface area contributed by atoms with Crippen LogP contribution in [0.25, 0.3) is 10.9 Å². The van der Waals surface area contributed by atoms with Gasteiger partial charge in [-0.1, -0.05) is 0 Å². The van der Waals surface area contributed by atoms with Crippen LogP contribution in [0.1, 0.15) is 34.2 Å². The number of hydrogen-bond donors (Lipinski definition) is 1. The number of aryl methyl sites for hydroxylation is 1. The normalized spacial score (nSPS) is 15.3. The van der Waals surface area contributed by atoms with Gasteiger partial charge in [0.1, 0.15) is 0 Å². The number of benzene rings is 2. The number of nitrogens with zero attached hydrogens (tertiary/aromatic N) is 3. The summed E-state index contributed by atoms with van der Waals surface area (Å²) in [7, 11) is 0. The number of fused-ring (bicyclic) bond motifs is 1. The maximum Gasteiger partial charge on any atom is 0.416 e. The number of rotatable bonds is 5. The monoisotopic (exact) mass is 508 g/mol. The van der Waals surface area contributed by atoms with Gasteiger partial charge in [-0.2, -0.15) is 31.6 Å². The third-order valence-corrected chi connectivity index (χ3v) is 6.29. The van der Waals surface area contributed by atoms with Gasteiger partial charge < -0.3 is 9.88 Å². The van der Waals surface area contributed by atoms with E-state index in [0.29, 0.717) is 50.4 Å². The molecule has 0 aliphatic carbocycles. The largest absolute Gasteiger partial charge is 0.416 e. The summed E-state index contributed by atoms with van der Waals surface area (Å²) in [6.07, 6.45) is -8.36. The van der Waals surface area contributed by atoms with Crippen LogP contribution in [-0.4, -0.2) is 46.9 Å². The molecule has 4 rings (SSSR count). The minimum Gasteiger partial charge on any atom is -0.361 e. The Kier molecular flexibility index (Phi) is 7.00. The molecule has 2 aromatic carbocycles. The van der Waals surface area contributed by atoms with E-state index >= 15 is 0 Å². The number of alkyl halides is 6. The van der Waals surface area contributed by atoms with Crippen molar-refractivity contribution in [2.45, 2.75) is 31.7 Å². The van der Waals surface area contributed by atoms with Crippen LogP contribution in [0.15, 0.2) is 42.6 Å². The van der Waals surface area contributed by atoms with E-state index in [9.17, 15) is 31.1 Å². The number of H-pyrrole nitrogens is 1. The molecule has 1 saturated heterocycles. The number of piperazine rings is 1. The highest BCUT2D eigenvalue weighted by Gasteiger charge is 2.37. The Labute approximate surface area is 202 Å². The fourth-order valence-electron chi connectivity index (χ4n) is 4.35. The Hall–Kier alpha value is -3.52. The summed E-state index contributed by atoms with van der Waals surface area (Å²) in [5, 5.41) is 10.1. The van der Waals surface area contributed by atoms with E-state index in [-0.39, 0.29) is 30.4 Å². The highest BCUT2D eigenvalue weighted by molar-refractivity contribution is 5.84. The van der Waals surface area contributed by atoms with Crippen molar-refractivity contribution in [1.29, 1.82) is 5.26 Å². The van der Waals surface area contributed by atoms with E-state index in [1.807, 2.05) is 18.3 Å². The topological polar surface area (TPSA) is 63.1 Å². The van der Waals surface area contributed by atoms with Gasteiger partial charge in [0.15, 0.2) is 0 Å². The van der Waals surface area contributed by atoms with Crippen molar-refractivity contribution in [3.05, 3.63) is 70.4 Å². The Morgan fingerprint density at radius 1 is 0.944 bits per heavy atom. The standard InChI is InChI=1S/C25H22F6N4O/c26-24(27,28)19-9-16(10-20(12-19)25(29,30)31)2-4-23(36)35-7-5-34(6-8-35)15-18-14-33-22-3-1-17(13-32)11-21(18)22/h1,3,9-12,14,33H,2,4-8,15H2. The van der Waals surface area contributed by atoms with E-state index < -0.39 is 23.5 Å². The molecule has 1 amide bonds. The fraction of sp³-hybridized carbons (Fsp3) is 0.360. The third-order valence-electron chi connectivity index (χ3n) is 6.29. The van der Waals surface area contributed by atoms with E-state index in [1.165, 1.54) is 0 Å². The molecule has 3 aromatic rings. The first kappa shape index (κ1) is 25.6. The number of aromatic amines is 1. The molecule has 0 atom stereocenters. The lowest BCUT2D eigenvalue weighted by molar-refractivity contribution is -0.143. The van der Waals surface area contributed by atoms with Crippen molar-refractivity contribution in [2.75, 3.05) is 26.2 Å². The van der Waals surface area contributed by atoms with Gasteiger partial charge in [-0.3, -0.25) is 9.69 Å². The number of hydrogen-bond acceptors (Lipinski definition) is 3. The molecular weight excluding hydrogens is 486 g/mol. The van der Waals surface area contributed by atoms with Crippen LogP contribution in [0.5, 0.6) is 0 Å². The molecular formula is C25H22F6N4O. The minimum atomic E-state index is -4.92. The number of nitriles is 1. The van der Waals surface area contributed by atoms with Gasteiger partial charge in [0.25, 0.3) is 0 Å². The van der Waals surface area contributed by atoms with Crippen molar-refractivity contribution in [2.24, 2.45) is 0 Å². The summed E-state index contributed by atoms with van der Waals surface area (Å²) in [6.45, 7) is 2.56. The average molecular weight is 508 g/mol. The molecule has 1 aliphatic rings. The molecule has 0 unspecified atom stereocenters. The summed E-state index contributed by atoms with van der Waals surface area (Å²) in [6, 6.07) is 8.93. The zero-order chi connectivity index (χ0) is 26.1. The van der Waals surface area contributed by atoms with Gasteiger partial charge in [0.2, 0.25) is 5.91 Å². The number of amides is 1. The summed E-state index contributed by atoms with van der Waals surface area (Å²) in [5.74, 6) is -0.314. The Morgan fingerprint density at radius 3 is 2.17 bits per heavy atom. The van der Waals surface area contributed by atoms with Gasteiger partial charge in [-0.05, 0) is 53.9 Å². The van der Waals surface area contributed by atoms with Crippen LogP contribution in [0.3, 0.4) is 0 Å². The molecule has 0 bridgehead atoms. The van der Waals surface area contributed by atoms with Crippen LogP contribution in [-0.2, 0) is 30.1 Å². The predicted molar refractivity (Wildman–Crippen MR) is 120 cm³/mol. The van der Waals surface area contributed by atoms with Crippen LogP contribution in [0.2, 0.25) is 0 Å². The predicted octanol–water partition coefficient (Wildman–Crippen LogP) is 5.35. The van der Waals surface area contributed by atoms with Crippen LogP contribution in [0, 0.1) is 11.3 Å². The number of aromatic nitrogens is 1. The van der Waals surface area contributed by atoms with E-state index in [2.05, 4.69) is 16.0 Å². The summed E-state index contributed by atoms with van der Waals surface area (Å²) in [5.41, 5.74) is -0.449. The quantitative estimate of drug-likeness (QED) is 0.473. The molecule has 1 aliphatic heterocycles. The SMILES string of the molecule is N#Cc1ccc2[nH]cc(CN3CCN(C(=O)CCc4cc(C(F)(F)F)cc(C(F)(F)F)c4)CC3)c2c1. The molecule has 36 heavy (non-hydrogen) atoms. The summed E-state index contributed by atoms with van der Waals surface area (Å²) in [4.78, 5) is 19.5. The molecule has 5 nitrogen and oxygen atoms in total. The van der Waals surface area contributed by atoms with Crippen molar-refractivity contribution < 1.29 is 31.1 Å². The molecule has 1 fully saturated rings. The molecule has 1 N–H and O–H groups in total. The molecule has 1 aromatic heterocycles. The van der Waals surface area contributed by atoms with Crippen molar-refractivity contribution >= 4 is 16.8 Å². The second kappa shape index (κ2) is 9.85. The lowest BCUT2D eigenvalue weighted by Crippen LogP contribution is -2.48. The van der Waals surface area contributed by atoms with Gasteiger partial charge in [-0.15, -0.1) is 0 Å². The smallest absolute Gasteiger partial charge is 0.361 e. The highest BCUT2D eigenvalue weighted by atomic mass is 19.4. The van der Waals surface area contributed by atoms with Gasteiger partial charge >= 0.3 is 12.4 Å². The maximum atomic E-state index is 13.1. The first-order valence-corrected chi connectivity index (χ1v) is 11.2. The zero-order valence-corrected chi connectivity index (χ0v) is 19.0. The number of halogens is 6. The Bertz CT molecular complexity index is 1260. The van der Waals surface area contributed by atoms with Gasteiger partial charge in [0, 0.05) is 56.2 Å². The van der Waals surface area contributed by atoms with Crippen LogP contribution in [0.4, 0.5) is 26.3 Å². The first-order chi connectivity index (χ1) is 16.9. The minimum absolute atomic E-state index is 0.0827.